The highest BCUT2D eigenvalue weighted by molar-refractivity contribution is 5.91. The standard InChI is InChI=1S/C19H18N4O4/c1-12-16(21-19-11-15(27-3)8-9-22(12)19)6-4-14-5-7-17(20-13(2)24)18(10-14)23(25)26/h4-11H,1-3H3,(H,20,24). The number of anilines is 1. The van der Waals surface area contributed by atoms with Crippen LogP contribution in [0.5, 0.6) is 5.75 Å². The average Bonchev–Trinajstić information content (AvgIpc) is 2.95. The summed E-state index contributed by atoms with van der Waals surface area (Å²) in [6.45, 7) is 3.24. The van der Waals surface area contributed by atoms with Gasteiger partial charge in [0.1, 0.15) is 17.1 Å². The van der Waals surface area contributed by atoms with Crippen LogP contribution < -0.4 is 10.1 Å². The quantitative estimate of drug-likeness (QED) is 0.548. The van der Waals surface area contributed by atoms with Gasteiger partial charge in [0.2, 0.25) is 5.91 Å². The number of ether oxygens (including phenoxy) is 1. The number of amides is 1. The van der Waals surface area contributed by atoms with Crippen LogP contribution in [0.15, 0.2) is 36.5 Å². The van der Waals surface area contributed by atoms with Crippen LogP contribution in [0, 0.1) is 17.0 Å². The van der Waals surface area contributed by atoms with Crippen molar-refractivity contribution in [3.05, 3.63) is 63.6 Å². The van der Waals surface area contributed by atoms with E-state index in [1.807, 2.05) is 29.7 Å². The number of aromatic nitrogens is 2. The number of pyridine rings is 1. The van der Waals surface area contributed by atoms with Crippen LogP contribution >= 0.6 is 0 Å². The number of nitro benzene ring substituents is 1. The third-order valence-corrected chi connectivity index (χ3v) is 4.07. The fourth-order valence-corrected chi connectivity index (χ4v) is 2.73. The maximum atomic E-state index is 11.3. The Bertz CT molecular complexity index is 1070. The number of nitro groups is 1. The van der Waals surface area contributed by atoms with Gasteiger partial charge < -0.3 is 14.5 Å². The van der Waals surface area contributed by atoms with Gasteiger partial charge in [-0.3, -0.25) is 14.9 Å². The van der Waals surface area contributed by atoms with E-state index < -0.39 is 4.92 Å². The molecule has 2 aromatic heterocycles. The zero-order chi connectivity index (χ0) is 19.6. The summed E-state index contributed by atoms with van der Waals surface area (Å²) in [5.41, 5.74) is 3.07. The van der Waals surface area contributed by atoms with E-state index in [2.05, 4.69) is 10.3 Å². The smallest absolute Gasteiger partial charge is 0.293 e. The maximum Gasteiger partial charge on any atom is 0.293 e. The number of carbonyl (C=O) groups is 1. The Kier molecular flexibility index (Phi) is 4.89. The number of nitrogens with zero attached hydrogens (tertiary/aromatic N) is 3. The number of hydrogen-bond donors (Lipinski definition) is 1. The molecule has 0 aliphatic heterocycles. The van der Waals surface area contributed by atoms with E-state index >= 15 is 0 Å². The van der Waals surface area contributed by atoms with Crippen molar-refractivity contribution in [1.29, 1.82) is 0 Å². The largest absolute Gasteiger partial charge is 0.497 e. The second kappa shape index (κ2) is 7.28. The minimum atomic E-state index is -0.523. The molecule has 8 heteroatoms. The first kappa shape index (κ1) is 18.1. The Labute approximate surface area is 155 Å². The van der Waals surface area contributed by atoms with Crippen molar-refractivity contribution in [2.24, 2.45) is 0 Å². The van der Waals surface area contributed by atoms with E-state index in [0.717, 1.165) is 17.0 Å². The molecule has 2 heterocycles. The summed E-state index contributed by atoms with van der Waals surface area (Å²) in [5.74, 6) is 0.351. The molecule has 0 unspecified atom stereocenters. The molecule has 8 nitrogen and oxygen atoms in total. The number of nitrogens with one attached hydrogen (secondary N) is 1. The van der Waals surface area contributed by atoms with Crippen LogP contribution in [0.3, 0.4) is 0 Å². The molecule has 3 rings (SSSR count). The fourth-order valence-electron chi connectivity index (χ4n) is 2.73. The Hall–Kier alpha value is -3.68. The summed E-state index contributed by atoms with van der Waals surface area (Å²) >= 11 is 0. The van der Waals surface area contributed by atoms with Crippen LogP contribution in [-0.4, -0.2) is 27.3 Å². The van der Waals surface area contributed by atoms with E-state index in [1.165, 1.54) is 19.1 Å². The number of rotatable bonds is 5. The second-order valence-corrected chi connectivity index (χ2v) is 5.93. The van der Waals surface area contributed by atoms with Gasteiger partial charge in [0, 0.05) is 30.9 Å². The number of imidazole rings is 1. The van der Waals surface area contributed by atoms with Crippen molar-refractivity contribution in [2.75, 3.05) is 12.4 Å². The molecule has 1 amide bonds. The second-order valence-electron chi connectivity index (χ2n) is 5.93. The Morgan fingerprint density at radius 1 is 1.30 bits per heavy atom. The van der Waals surface area contributed by atoms with Gasteiger partial charge in [-0.25, -0.2) is 4.98 Å². The van der Waals surface area contributed by atoms with Gasteiger partial charge in [-0.05, 0) is 30.7 Å². The molecule has 0 aliphatic rings. The summed E-state index contributed by atoms with van der Waals surface area (Å²) in [7, 11) is 1.60. The molecule has 0 aliphatic carbocycles. The van der Waals surface area contributed by atoms with Crippen molar-refractivity contribution in [3.8, 4) is 5.75 Å². The van der Waals surface area contributed by atoms with Crippen molar-refractivity contribution in [3.63, 3.8) is 0 Å². The number of aryl methyl sites for hydroxylation is 1. The SMILES string of the molecule is COc1ccn2c(C)c(C=Cc3ccc(NC(C)=O)c([N+](=O)[O-])c3)nc2c1. The lowest BCUT2D eigenvalue weighted by Gasteiger charge is -2.04. The van der Waals surface area contributed by atoms with Gasteiger partial charge in [-0.2, -0.15) is 0 Å². The molecular formula is C19H18N4O4. The highest BCUT2D eigenvalue weighted by Crippen LogP contribution is 2.27. The van der Waals surface area contributed by atoms with E-state index in [0.29, 0.717) is 11.3 Å². The Morgan fingerprint density at radius 3 is 2.74 bits per heavy atom. The van der Waals surface area contributed by atoms with Gasteiger partial charge in [-0.15, -0.1) is 0 Å². The summed E-state index contributed by atoms with van der Waals surface area (Å²) in [5, 5.41) is 13.7. The summed E-state index contributed by atoms with van der Waals surface area (Å²) in [6.07, 6.45) is 5.42. The molecule has 0 atom stereocenters. The van der Waals surface area contributed by atoms with Crippen molar-refractivity contribution < 1.29 is 14.5 Å². The molecule has 0 spiro atoms. The molecule has 0 radical (unpaired) electrons. The first-order chi connectivity index (χ1) is 12.9. The van der Waals surface area contributed by atoms with Gasteiger partial charge in [0.15, 0.2) is 0 Å². The van der Waals surface area contributed by atoms with Crippen LogP contribution in [-0.2, 0) is 4.79 Å². The number of benzene rings is 1. The number of carbonyl (C=O) groups excluding carboxylic acids is 1. The van der Waals surface area contributed by atoms with Gasteiger partial charge >= 0.3 is 0 Å². The molecule has 138 valence electrons. The van der Waals surface area contributed by atoms with E-state index in [1.54, 1.807) is 25.3 Å². The normalized spacial score (nSPS) is 11.1. The zero-order valence-electron chi connectivity index (χ0n) is 15.1. The Morgan fingerprint density at radius 2 is 2.07 bits per heavy atom. The van der Waals surface area contributed by atoms with E-state index in [9.17, 15) is 14.9 Å². The molecular weight excluding hydrogens is 348 g/mol. The molecule has 0 bridgehead atoms. The predicted octanol–water partition coefficient (Wildman–Crippen LogP) is 3.69. The average molecular weight is 366 g/mol. The summed E-state index contributed by atoms with van der Waals surface area (Å²) < 4.78 is 7.14. The van der Waals surface area contributed by atoms with Gasteiger partial charge in [0.25, 0.3) is 5.69 Å². The minimum Gasteiger partial charge on any atom is -0.497 e. The van der Waals surface area contributed by atoms with E-state index in [4.69, 9.17) is 4.74 Å². The lowest BCUT2D eigenvalue weighted by Crippen LogP contribution is -2.08. The van der Waals surface area contributed by atoms with Crippen molar-refractivity contribution in [2.45, 2.75) is 13.8 Å². The van der Waals surface area contributed by atoms with Crippen LogP contribution in [0.25, 0.3) is 17.8 Å². The lowest BCUT2D eigenvalue weighted by atomic mass is 10.1. The van der Waals surface area contributed by atoms with Gasteiger partial charge in [-0.1, -0.05) is 12.1 Å². The topological polar surface area (TPSA) is 98.8 Å². The first-order valence-corrected chi connectivity index (χ1v) is 8.16. The lowest BCUT2D eigenvalue weighted by molar-refractivity contribution is -0.383. The molecule has 0 fully saturated rings. The van der Waals surface area contributed by atoms with Crippen LogP contribution in [0.2, 0.25) is 0 Å². The zero-order valence-corrected chi connectivity index (χ0v) is 15.1. The van der Waals surface area contributed by atoms with Crippen LogP contribution in [0.4, 0.5) is 11.4 Å². The first-order valence-electron chi connectivity index (χ1n) is 8.16. The minimum absolute atomic E-state index is 0.163. The molecule has 0 saturated carbocycles. The van der Waals surface area contributed by atoms with Crippen LogP contribution in [0.1, 0.15) is 23.9 Å². The molecule has 1 aromatic carbocycles. The maximum absolute atomic E-state index is 11.3. The summed E-state index contributed by atoms with van der Waals surface area (Å²) in [6, 6.07) is 8.30. The summed E-state index contributed by atoms with van der Waals surface area (Å²) in [4.78, 5) is 26.5. The Balaban J connectivity index is 1.95. The number of hydrogen-bond acceptors (Lipinski definition) is 5. The predicted molar refractivity (Wildman–Crippen MR) is 103 cm³/mol. The highest BCUT2D eigenvalue weighted by atomic mass is 16.6. The fraction of sp³-hybridized carbons (Fsp3) is 0.158. The molecule has 3 aromatic rings. The third kappa shape index (κ3) is 3.79. The number of fused-ring (bicyclic) bond motifs is 1. The van der Waals surface area contributed by atoms with E-state index in [-0.39, 0.29) is 17.3 Å². The monoisotopic (exact) mass is 366 g/mol. The number of methoxy groups -OCH3 is 1. The van der Waals surface area contributed by atoms with Crippen molar-refractivity contribution in [1.82, 2.24) is 9.38 Å². The van der Waals surface area contributed by atoms with Gasteiger partial charge in [0.05, 0.1) is 17.7 Å². The molecule has 1 N–H and O–H groups in total. The highest BCUT2D eigenvalue weighted by Gasteiger charge is 2.15. The molecule has 0 saturated heterocycles. The molecule has 27 heavy (non-hydrogen) atoms. The van der Waals surface area contributed by atoms with Crippen molar-refractivity contribution >= 4 is 35.1 Å². The third-order valence-electron chi connectivity index (χ3n) is 4.07.